The van der Waals surface area contributed by atoms with Gasteiger partial charge in [-0.2, -0.15) is 12.6 Å². The average Bonchev–Trinajstić information content (AvgIpc) is 3.24. The summed E-state index contributed by atoms with van der Waals surface area (Å²) < 4.78 is 28.4. The van der Waals surface area contributed by atoms with Crippen LogP contribution in [-0.2, 0) is 34.9 Å². The van der Waals surface area contributed by atoms with Gasteiger partial charge in [-0.3, -0.25) is 9.69 Å². The minimum atomic E-state index is -0.0345. The van der Waals surface area contributed by atoms with Gasteiger partial charge in [-0.15, -0.1) is 0 Å². The molecule has 3 aromatic carbocycles. The molecule has 10 heteroatoms. The van der Waals surface area contributed by atoms with Crippen LogP contribution in [0.5, 0.6) is 0 Å². The molecule has 57 heavy (non-hydrogen) atoms. The number of amides is 1. The van der Waals surface area contributed by atoms with E-state index in [9.17, 15) is 4.79 Å². The molecule has 1 N–H and O–H groups in total. The van der Waals surface area contributed by atoms with E-state index >= 15 is 0 Å². The van der Waals surface area contributed by atoms with E-state index in [1.807, 2.05) is 0 Å². The van der Waals surface area contributed by atoms with Crippen molar-refractivity contribution < 1.29 is 28.5 Å². The van der Waals surface area contributed by atoms with Crippen LogP contribution in [0.2, 0.25) is 0 Å². The molecule has 4 rings (SSSR count). The number of hydrogen-bond acceptors (Lipinski definition) is 9. The summed E-state index contributed by atoms with van der Waals surface area (Å²) in [4.78, 5) is 17.6. The van der Waals surface area contributed by atoms with E-state index in [0.717, 1.165) is 89.4 Å². The van der Waals surface area contributed by atoms with Crippen LogP contribution in [0.3, 0.4) is 0 Å². The van der Waals surface area contributed by atoms with E-state index < -0.39 is 0 Å². The van der Waals surface area contributed by atoms with E-state index in [1.54, 1.807) is 0 Å². The van der Waals surface area contributed by atoms with E-state index in [-0.39, 0.29) is 12.0 Å². The molecular weight excluding hydrogens is 735 g/mol. The monoisotopic (exact) mass is 806 g/mol. The normalized spacial score (nSPS) is 13.7. The Morgan fingerprint density at radius 3 is 1.60 bits per heavy atom. The van der Waals surface area contributed by atoms with Crippen molar-refractivity contribution in [1.29, 1.82) is 0 Å². The van der Waals surface area contributed by atoms with Gasteiger partial charge in [0.2, 0.25) is 5.91 Å². The van der Waals surface area contributed by atoms with Gasteiger partial charge in [0.05, 0.1) is 52.9 Å². The predicted octanol–water partition coefficient (Wildman–Crippen LogP) is 8.49. The van der Waals surface area contributed by atoms with Gasteiger partial charge in [-0.05, 0) is 61.1 Å². The number of carbonyl (C=O) groups is 1. The number of anilines is 1. The summed E-state index contributed by atoms with van der Waals surface area (Å²) in [5.74, 6) is 0.849. The fraction of sp³-hybridized carbons (Fsp3) is 0.596. The van der Waals surface area contributed by atoms with Gasteiger partial charge in [0.25, 0.3) is 0 Å². The molecule has 1 amide bonds. The minimum Gasteiger partial charge on any atom is -0.379 e. The van der Waals surface area contributed by atoms with Crippen LogP contribution in [-0.4, -0.2) is 120 Å². The maximum absolute atomic E-state index is 12.5. The van der Waals surface area contributed by atoms with Crippen molar-refractivity contribution in [2.45, 2.75) is 76.7 Å². The summed E-state index contributed by atoms with van der Waals surface area (Å²) in [5, 5.41) is 3.09. The zero-order valence-electron chi connectivity index (χ0n) is 34.5. The van der Waals surface area contributed by atoms with E-state index in [1.165, 1.54) is 48.8 Å². The number of aryl methyl sites for hydroxylation is 1. The number of thiol groups is 1. The van der Waals surface area contributed by atoms with Crippen molar-refractivity contribution in [3.63, 3.8) is 0 Å². The highest BCUT2D eigenvalue weighted by Gasteiger charge is 2.18. The molecule has 1 aliphatic heterocycles. The smallest absolute Gasteiger partial charge is 0.224 e. The molecule has 1 fully saturated rings. The average molecular weight is 806 g/mol. The maximum Gasteiger partial charge on any atom is 0.224 e. The summed E-state index contributed by atoms with van der Waals surface area (Å²) in [6.07, 6.45) is 12.0. The third-order valence-corrected chi connectivity index (χ3v) is 10.5. The van der Waals surface area contributed by atoms with Gasteiger partial charge in [0.1, 0.15) is 6.10 Å². The number of nitrogens with zero attached hydrogens (tertiary/aromatic N) is 2. The van der Waals surface area contributed by atoms with Crippen LogP contribution in [0.4, 0.5) is 5.69 Å². The van der Waals surface area contributed by atoms with Crippen molar-refractivity contribution in [2.24, 2.45) is 0 Å². The van der Waals surface area contributed by atoms with Crippen molar-refractivity contribution in [3.8, 4) is 0 Å². The zero-order valence-corrected chi connectivity index (χ0v) is 35.4. The SMILES string of the molecule is O=C(CCCCCCCCCCOCCOCCOCCOCCS)Nc1ccc(CCCN2CCN(CCOC(c3ccccc3)c3ccccc3)CC2)cc1. The summed E-state index contributed by atoms with van der Waals surface area (Å²) in [5.41, 5.74) is 4.62. The molecule has 0 bridgehead atoms. The lowest BCUT2D eigenvalue weighted by Gasteiger charge is -2.35. The summed E-state index contributed by atoms with van der Waals surface area (Å²) >= 11 is 4.10. The van der Waals surface area contributed by atoms with Gasteiger partial charge in [0.15, 0.2) is 0 Å². The fourth-order valence-electron chi connectivity index (χ4n) is 7.04. The van der Waals surface area contributed by atoms with E-state index in [2.05, 4.69) is 113 Å². The second-order valence-corrected chi connectivity index (χ2v) is 15.3. The van der Waals surface area contributed by atoms with Crippen LogP contribution in [0, 0.1) is 0 Å². The van der Waals surface area contributed by atoms with Gasteiger partial charge < -0.3 is 33.9 Å². The van der Waals surface area contributed by atoms with Crippen molar-refractivity contribution in [2.75, 3.05) is 110 Å². The molecule has 0 spiro atoms. The lowest BCUT2D eigenvalue weighted by Crippen LogP contribution is -2.47. The number of benzene rings is 3. The second-order valence-electron chi connectivity index (χ2n) is 14.9. The Labute approximate surface area is 349 Å². The first-order chi connectivity index (χ1) is 28.2. The highest BCUT2D eigenvalue weighted by molar-refractivity contribution is 7.80. The Morgan fingerprint density at radius 2 is 1.04 bits per heavy atom. The number of carbonyl (C=O) groups excluding carboxylic acids is 1. The standard InChI is InChI=1S/C47H71N3O6S/c51-46(21-13-5-3-1-2-4-6-14-32-52-34-35-53-36-37-54-38-39-55-40-41-57)48-45-24-22-42(23-25-45)16-15-26-49-27-29-50(30-28-49)31-33-56-47(43-17-9-7-10-18-43)44-19-11-8-12-20-44/h7-12,17-20,22-25,47,57H,1-6,13-16,21,26-41H2,(H,48,51). The first-order valence-electron chi connectivity index (χ1n) is 21.7. The third-order valence-electron chi connectivity index (χ3n) is 10.3. The highest BCUT2D eigenvalue weighted by Crippen LogP contribution is 2.26. The number of hydrogen-bond donors (Lipinski definition) is 2. The molecule has 316 valence electrons. The Balaban J connectivity index is 0.918. The molecule has 1 saturated heterocycles. The van der Waals surface area contributed by atoms with Crippen LogP contribution in [0.1, 0.15) is 87.0 Å². The first kappa shape index (κ1) is 46.9. The van der Waals surface area contributed by atoms with Crippen molar-refractivity contribution >= 4 is 24.2 Å². The molecule has 1 heterocycles. The van der Waals surface area contributed by atoms with Crippen LogP contribution in [0.25, 0.3) is 0 Å². The molecule has 0 aliphatic carbocycles. The van der Waals surface area contributed by atoms with Crippen LogP contribution in [0.15, 0.2) is 84.9 Å². The molecule has 3 aromatic rings. The summed E-state index contributed by atoms with van der Waals surface area (Å²) in [6.45, 7) is 12.2. The first-order valence-corrected chi connectivity index (χ1v) is 22.3. The molecule has 0 aromatic heterocycles. The largest absolute Gasteiger partial charge is 0.379 e. The predicted molar refractivity (Wildman–Crippen MR) is 236 cm³/mol. The van der Waals surface area contributed by atoms with Crippen LogP contribution >= 0.6 is 12.6 Å². The maximum atomic E-state index is 12.5. The summed E-state index contributed by atoms with van der Waals surface area (Å²) in [7, 11) is 0. The quantitative estimate of drug-likeness (QED) is 0.0469. The number of rotatable bonds is 33. The van der Waals surface area contributed by atoms with Crippen LogP contribution < -0.4 is 5.32 Å². The molecule has 0 unspecified atom stereocenters. The number of piperazine rings is 1. The molecule has 9 nitrogen and oxygen atoms in total. The Hall–Kier alpha value is -2.80. The Morgan fingerprint density at radius 1 is 0.544 bits per heavy atom. The number of nitrogens with one attached hydrogen (secondary N) is 1. The summed E-state index contributed by atoms with van der Waals surface area (Å²) in [6, 6.07) is 29.5. The Bertz CT molecular complexity index is 1360. The lowest BCUT2D eigenvalue weighted by molar-refractivity contribution is -0.116. The van der Waals surface area contributed by atoms with Gasteiger partial charge in [0, 0.05) is 57.2 Å². The second kappa shape index (κ2) is 31.2. The highest BCUT2D eigenvalue weighted by atomic mass is 32.1. The molecule has 0 atom stereocenters. The topological polar surface area (TPSA) is 81.7 Å². The molecule has 1 aliphatic rings. The molecule has 0 radical (unpaired) electrons. The van der Waals surface area contributed by atoms with Gasteiger partial charge in [-0.25, -0.2) is 0 Å². The van der Waals surface area contributed by atoms with Gasteiger partial charge >= 0.3 is 0 Å². The Kier molecular flexibility index (Phi) is 25.6. The lowest BCUT2D eigenvalue weighted by atomic mass is 10.0. The molecule has 0 saturated carbocycles. The van der Waals surface area contributed by atoms with Gasteiger partial charge in [-0.1, -0.05) is 111 Å². The third kappa shape index (κ3) is 21.7. The number of ether oxygens (including phenoxy) is 5. The van der Waals surface area contributed by atoms with E-state index in [4.69, 9.17) is 23.7 Å². The molecular formula is C47H71N3O6S. The minimum absolute atomic E-state index is 0.0345. The van der Waals surface area contributed by atoms with Crippen molar-refractivity contribution in [1.82, 2.24) is 9.80 Å². The van der Waals surface area contributed by atoms with E-state index in [0.29, 0.717) is 59.3 Å². The number of unbranched alkanes of at least 4 members (excludes halogenated alkanes) is 7. The fourth-order valence-corrected chi connectivity index (χ4v) is 7.17. The van der Waals surface area contributed by atoms with Crippen molar-refractivity contribution in [3.05, 3.63) is 102 Å². The zero-order chi connectivity index (χ0) is 39.9.